The fourth-order valence-corrected chi connectivity index (χ4v) is 19.3. The molecule has 6 aliphatic heterocycles. The van der Waals surface area contributed by atoms with E-state index >= 15 is 0 Å². The highest BCUT2D eigenvalue weighted by Crippen LogP contribution is 2.80. The molecule has 4 aromatic rings. The number of aryl methyl sites for hydroxylation is 1. The number of hydrogen-bond acceptors (Lipinski definition) is 25. The molecule has 3 spiro atoms. The Morgan fingerprint density at radius 3 is 2.07 bits per heavy atom. The highest BCUT2D eigenvalue weighted by molar-refractivity contribution is 5.93. The van der Waals surface area contributed by atoms with E-state index < -0.39 is 183 Å². The first-order chi connectivity index (χ1) is 46.3. The summed E-state index contributed by atoms with van der Waals surface area (Å²) in [5.41, 5.74) is -1.43. The maximum Gasteiger partial charge on any atom is 0.328 e. The summed E-state index contributed by atoms with van der Waals surface area (Å²) in [6.07, 6.45) is -1.32. The van der Waals surface area contributed by atoms with Crippen molar-refractivity contribution in [2.45, 2.75) is 143 Å². The number of aliphatic hydroxyl groups is 1. The van der Waals surface area contributed by atoms with Crippen LogP contribution in [-0.4, -0.2) is 211 Å². The lowest BCUT2D eigenvalue weighted by Gasteiger charge is -2.84. The molecule has 1 amide bonds. The largest absolute Gasteiger partial charge is 0.459 e. The second-order valence-electron chi connectivity index (χ2n) is 27.0. The summed E-state index contributed by atoms with van der Waals surface area (Å²) in [4.78, 5) is 111. The van der Waals surface area contributed by atoms with Gasteiger partial charge in [-0.3, -0.25) is 43.1 Å². The first kappa shape index (κ1) is 64.5. The standard InChI is InChI=1S/C65H75N9O22/c1-30-21-73-25-34(52(80)70-58(73)81)17-18-35(76)71-63-44-42(83-2)46(84-3)60(44,54(63)94-56(63)87-6)28-91-57-64(88-7)45-43-47(85-4)61(45,55(64)95-57)27-90-53-40-39-41(48(86-5)62(39,26-75)65(40,89-8)96-53)92-36(77)15-11-9-13-32-23-72(50-38(32)49(66)67-29-68-50)20-19-31(30)22-74-24-33(51(79)69-59(74)82)14-10-12-16-37(78)93-43/h17-18,23-25,29-31,39-48,53-57,75H,11-12,15-16,19-22,26-28H2,1-8H3,(H,71,76)(H2,66,67,68)(H,69,79,82)(H,70,80,81)/b18-17+. The summed E-state index contributed by atoms with van der Waals surface area (Å²) in [5.74, 6) is 5.50. The van der Waals surface area contributed by atoms with Crippen molar-refractivity contribution in [3.63, 3.8) is 0 Å². The van der Waals surface area contributed by atoms with Crippen molar-refractivity contribution < 1.29 is 85.8 Å². The van der Waals surface area contributed by atoms with Crippen LogP contribution in [0.5, 0.6) is 0 Å². The molecule has 10 heterocycles. The molecule has 31 heteroatoms. The normalized spacial score (nSPS) is 42.1. The number of H-pyrrole nitrogens is 2. The molecular weight excluding hydrogens is 1260 g/mol. The van der Waals surface area contributed by atoms with Gasteiger partial charge in [0.25, 0.3) is 11.1 Å². The molecule has 3 saturated heterocycles. The van der Waals surface area contributed by atoms with E-state index in [9.17, 15) is 38.7 Å². The molecule has 4 aromatic heterocycles. The lowest BCUT2D eigenvalue weighted by molar-refractivity contribution is -0.600. The van der Waals surface area contributed by atoms with Crippen LogP contribution in [0.3, 0.4) is 0 Å². The average Bonchev–Trinajstić information content (AvgIpc) is 0.642. The minimum atomic E-state index is -1.39. The van der Waals surface area contributed by atoms with E-state index in [1.165, 1.54) is 89.8 Å². The van der Waals surface area contributed by atoms with Crippen LogP contribution in [0, 0.1) is 75.4 Å². The molecule has 6 aliphatic carbocycles. The number of esters is 2. The van der Waals surface area contributed by atoms with Crippen LogP contribution in [0.2, 0.25) is 0 Å². The number of nitrogens with two attached hydrogens (primary N) is 1. The monoisotopic (exact) mass is 1330 g/mol. The number of rotatable bonds is 8. The first-order valence-corrected chi connectivity index (χ1v) is 32.0. The minimum absolute atomic E-state index is 0.0176. The Hall–Kier alpha value is -7.47. The number of amides is 1. The van der Waals surface area contributed by atoms with Gasteiger partial charge in [-0.25, -0.2) is 19.6 Å². The lowest BCUT2D eigenvalue weighted by Crippen LogP contribution is -3.02. The number of carbonyl (C=O) groups is 3. The van der Waals surface area contributed by atoms with Gasteiger partial charge in [0.05, 0.1) is 83.5 Å². The Kier molecular flexibility index (Phi) is 15.7. The van der Waals surface area contributed by atoms with Gasteiger partial charge in [-0.2, -0.15) is 0 Å². The third-order valence-corrected chi connectivity index (χ3v) is 23.4. The molecule has 23 atom stereocenters. The van der Waals surface area contributed by atoms with Crippen LogP contribution in [0.15, 0.2) is 50.2 Å². The van der Waals surface area contributed by atoms with E-state index in [0.717, 1.165) is 0 Å². The highest BCUT2D eigenvalue weighted by Gasteiger charge is 2.97. The number of carbonyl (C=O) groups excluding carboxylic acids is 3. The predicted octanol–water partition coefficient (Wildman–Crippen LogP) is -1.49. The van der Waals surface area contributed by atoms with Gasteiger partial charge in [0.1, 0.15) is 65.5 Å². The number of aromatic nitrogens is 7. The van der Waals surface area contributed by atoms with Gasteiger partial charge in [0.15, 0.2) is 30.3 Å². The molecular formula is C65H75N9O22. The molecule has 6 N–H and O–H groups in total. The Morgan fingerprint density at radius 1 is 0.708 bits per heavy atom. The van der Waals surface area contributed by atoms with Crippen molar-refractivity contribution in [2.24, 2.45) is 51.8 Å². The topological polar surface area (TPSA) is 379 Å². The van der Waals surface area contributed by atoms with Crippen molar-refractivity contribution in [3.8, 4) is 23.7 Å². The maximum absolute atomic E-state index is 14.4. The number of fused-ring (bicyclic) bond motifs is 10. The van der Waals surface area contributed by atoms with Crippen molar-refractivity contribution in [2.75, 3.05) is 75.3 Å². The number of anilines is 1. The minimum Gasteiger partial charge on any atom is -0.459 e. The molecule has 12 aliphatic rings. The third kappa shape index (κ3) is 8.40. The number of nitrogen functional groups attached to an aromatic ring is 1. The van der Waals surface area contributed by atoms with Gasteiger partial charge in [-0.05, 0) is 24.3 Å². The fraction of sp³-hybridized carbons (Fsp3) is 0.646. The molecule has 11 bridgehead atoms. The first-order valence-electron chi connectivity index (χ1n) is 32.0. The SMILES string of the molecule is COC1C(OC)C23COC4OC5C67COC8OC9(OC)C8C8C(OC(=O)CCC#Cc%10cn(c%11ncnc(N)c%10%11)CCC(Cn%10cc(c(=O)[nH]c%10=O)C#CCCC(=O)OC(C6OC)C7C45OC)C(C)Cn4cc(c(=O)[nH]c4=O)/C=C/C(=O)NC4(C(OC)OC24)C13)C(OC)C89CO. The number of nitrogens with one attached hydrogen (secondary N) is 3. The molecule has 96 heavy (non-hydrogen) atoms. The van der Waals surface area contributed by atoms with Gasteiger partial charge < -0.3 is 87.0 Å². The smallest absolute Gasteiger partial charge is 0.328 e. The van der Waals surface area contributed by atoms with Gasteiger partial charge in [0, 0.05) is 125 Å². The highest BCUT2D eigenvalue weighted by atomic mass is 16.8. The second kappa shape index (κ2) is 23.4. The Labute approximate surface area is 547 Å². The van der Waals surface area contributed by atoms with Gasteiger partial charge in [-0.1, -0.05) is 30.6 Å². The molecule has 16 rings (SSSR count). The van der Waals surface area contributed by atoms with Crippen molar-refractivity contribution >= 4 is 40.8 Å². The van der Waals surface area contributed by atoms with Crippen LogP contribution in [0.4, 0.5) is 5.82 Å². The van der Waals surface area contributed by atoms with Crippen molar-refractivity contribution in [1.29, 1.82) is 0 Å². The van der Waals surface area contributed by atoms with E-state index in [1.54, 1.807) is 6.20 Å². The van der Waals surface area contributed by atoms with E-state index in [0.29, 0.717) is 23.0 Å². The molecule has 0 radical (unpaired) electrons. The van der Waals surface area contributed by atoms with E-state index in [2.05, 4.69) is 48.9 Å². The molecule has 0 aromatic carbocycles. The van der Waals surface area contributed by atoms with Crippen molar-refractivity contribution in [1.82, 2.24) is 39.0 Å². The number of nitrogens with zero attached hydrogens (tertiary/aromatic N) is 5. The number of ether oxygens (including phenoxy) is 14. The van der Waals surface area contributed by atoms with E-state index in [4.69, 9.17) is 72.0 Å². The zero-order chi connectivity index (χ0) is 67.3. The molecule has 9 fully saturated rings. The van der Waals surface area contributed by atoms with Crippen LogP contribution < -0.4 is 33.5 Å². The predicted molar refractivity (Wildman–Crippen MR) is 326 cm³/mol. The Morgan fingerprint density at radius 2 is 1.39 bits per heavy atom. The average molecular weight is 1330 g/mol. The number of hydrogen-bond donors (Lipinski definition) is 5. The zero-order valence-electron chi connectivity index (χ0n) is 53.9. The zero-order valence-corrected chi connectivity index (χ0v) is 53.9. The summed E-state index contributed by atoms with van der Waals surface area (Å²) in [5, 5.41) is 14.8. The summed E-state index contributed by atoms with van der Waals surface area (Å²) in [6, 6.07) is 0. The maximum atomic E-state index is 14.4. The number of aliphatic hydroxyl groups excluding tert-OH is 1. The fourth-order valence-electron chi connectivity index (χ4n) is 19.3. The van der Waals surface area contributed by atoms with Crippen LogP contribution in [0.1, 0.15) is 55.7 Å². The number of aromatic amines is 2. The molecule has 512 valence electrons. The van der Waals surface area contributed by atoms with Gasteiger partial charge >= 0.3 is 23.3 Å². The van der Waals surface area contributed by atoms with E-state index in [-0.39, 0.29) is 75.5 Å². The number of methoxy groups -OCH3 is 7. The second-order valence-corrected chi connectivity index (χ2v) is 27.0. The Balaban J connectivity index is 0.832. The lowest BCUT2D eigenvalue weighted by atomic mass is 9.32. The molecule has 31 nitrogen and oxygen atoms in total. The van der Waals surface area contributed by atoms with E-state index in [1.807, 2.05) is 11.5 Å². The molecule has 6 saturated carbocycles. The van der Waals surface area contributed by atoms with Crippen LogP contribution >= 0.6 is 0 Å². The molecule has 23 unspecified atom stereocenters. The van der Waals surface area contributed by atoms with Crippen LogP contribution in [0.25, 0.3) is 17.1 Å². The van der Waals surface area contributed by atoms with Gasteiger partial charge in [0.2, 0.25) is 5.91 Å². The summed E-state index contributed by atoms with van der Waals surface area (Å²) < 4.78 is 93.5. The van der Waals surface area contributed by atoms with Crippen molar-refractivity contribution in [3.05, 3.63) is 89.4 Å². The summed E-state index contributed by atoms with van der Waals surface area (Å²) in [7, 11) is 10.4. The van der Waals surface area contributed by atoms with Crippen LogP contribution in [-0.2, 0) is 100 Å². The summed E-state index contributed by atoms with van der Waals surface area (Å²) in [6.45, 7) is 1.42. The third-order valence-electron chi connectivity index (χ3n) is 23.4. The Bertz CT molecular complexity index is 4280. The summed E-state index contributed by atoms with van der Waals surface area (Å²) >= 11 is 0. The quantitative estimate of drug-likeness (QED) is 0.0991. The van der Waals surface area contributed by atoms with Gasteiger partial charge in [-0.15, -0.1) is 0 Å².